The number of aliphatic hydroxyl groups excluding tert-OH is 1. The Bertz CT molecular complexity index is 1050. The maximum atomic E-state index is 9.03. The Kier molecular flexibility index (Phi) is 3.46. The van der Waals surface area contributed by atoms with Crippen LogP contribution in [0, 0.1) is 0 Å². The van der Waals surface area contributed by atoms with Gasteiger partial charge in [0, 0.05) is 18.0 Å². The van der Waals surface area contributed by atoms with Gasteiger partial charge in [-0.2, -0.15) is 4.52 Å². The lowest BCUT2D eigenvalue weighted by Gasteiger charge is -2.07. The fourth-order valence-electron chi connectivity index (χ4n) is 3.37. The van der Waals surface area contributed by atoms with E-state index in [-0.39, 0.29) is 6.61 Å². The second kappa shape index (κ2) is 5.82. The van der Waals surface area contributed by atoms with E-state index >= 15 is 0 Å². The van der Waals surface area contributed by atoms with Crippen LogP contribution in [0.5, 0.6) is 0 Å². The van der Waals surface area contributed by atoms with Crippen molar-refractivity contribution in [2.45, 2.75) is 25.7 Å². The van der Waals surface area contributed by atoms with Gasteiger partial charge in [0.2, 0.25) is 11.8 Å². The summed E-state index contributed by atoms with van der Waals surface area (Å²) in [6.07, 6.45) is 5.67. The molecule has 0 saturated heterocycles. The third-order valence-corrected chi connectivity index (χ3v) is 5.69. The molecule has 0 amide bonds. The molecule has 1 aliphatic rings. The maximum Gasteiger partial charge on any atom is 0.227 e. The molecule has 0 atom stereocenters. The molecule has 1 aliphatic carbocycles. The van der Waals surface area contributed by atoms with E-state index in [9.17, 15) is 0 Å². The first-order chi connectivity index (χ1) is 12.3. The van der Waals surface area contributed by atoms with E-state index in [1.165, 1.54) is 16.9 Å². The van der Waals surface area contributed by atoms with Crippen molar-refractivity contribution >= 4 is 33.1 Å². The average molecular weight is 355 g/mol. The fraction of sp³-hybridized carbons (Fsp3) is 0.353. The van der Waals surface area contributed by atoms with Crippen LogP contribution in [-0.4, -0.2) is 37.8 Å². The molecule has 8 heteroatoms. The summed E-state index contributed by atoms with van der Waals surface area (Å²) in [6, 6.07) is 3.69. The average Bonchev–Trinajstić information content (AvgIpc) is 3.36. The molecule has 4 heterocycles. The van der Waals surface area contributed by atoms with Gasteiger partial charge in [-0.25, -0.2) is 9.97 Å². The SMILES string of the molecule is OCCCNc1nc2sc3c(c2c2nc(-c4ccco4)nn12)CCC3. The number of aromatic nitrogens is 4. The van der Waals surface area contributed by atoms with Crippen molar-refractivity contribution in [3.05, 3.63) is 28.8 Å². The number of hydrogen-bond acceptors (Lipinski definition) is 7. The Morgan fingerprint density at radius 3 is 3.12 bits per heavy atom. The molecular weight excluding hydrogens is 338 g/mol. The van der Waals surface area contributed by atoms with Gasteiger partial charge in [-0.05, 0) is 43.4 Å². The zero-order valence-electron chi connectivity index (χ0n) is 13.5. The molecule has 0 spiro atoms. The van der Waals surface area contributed by atoms with E-state index < -0.39 is 0 Å². The van der Waals surface area contributed by atoms with Crippen molar-refractivity contribution < 1.29 is 9.52 Å². The van der Waals surface area contributed by atoms with E-state index in [4.69, 9.17) is 19.5 Å². The summed E-state index contributed by atoms with van der Waals surface area (Å²) in [4.78, 5) is 12.0. The first kappa shape index (κ1) is 14.9. The number of furan rings is 1. The van der Waals surface area contributed by atoms with Crippen LogP contribution in [0.15, 0.2) is 22.8 Å². The molecule has 2 N–H and O–H groups in total. The van der Waals surface area contributed by atoms with Gasteiger partial charge < -0.3 is 14.8 Å². The number of rotatable bonds is 5. The number of aryl methyl sites for hydroxylation is 2. The summed E-state index contributed by atoms with van der Waals surface area (Å²) in [5.41, 5.74) is 2.19. The van der Waals surface area contributed by atoms with Crippen LogP contribution in [0.4, 0.5) is 5.95 Å². The van der Waals surface area contributed by atoms with Gasteiger partial charge in [-0.15, -0.1) is 16.4 Å². The Labute approximate surface area is 147 Å². The molecular formula is C17H17N5O2S. The third kappa shape index (κ3) is 2.32. The van der Waals surface area contributed by atoms with Gasteiger partial charge in [0.1, 0.15) is 4.83 Å². The molecule has 0 aliphatic heterocycles. The molecule has 4 aromatic heterocycles. The summed E-state index contributed by atoms with van der Waals surface area (Å²) < 4.78 is 7.23. The quantitative estimate of drug-likeness (QED) is 0.535. The zero-order chi connectivity index (χ0) is 16.8. The predicted molar refractivity (Wildman–Crippen MR) is 96.1 cm³/mol. The fourth-order valence-corrected chi connectivity index (χ4v) is 4.62. The number of aliphatic hydroxyl groups is 1. The zero-order valence-corrected chi connectivity index (χ0v) is 14.3. The Morgan fingerprint density at radius 1 is 1.32 bits per heavy atom. The molecule has 7 nitrogen and oxygen atoms in total. The van der Waals surface area contributed by atoms with Crippen molar-refractivity contribution in [1.29, 1.82) is 0 Å². The van der Waals surface area contributed by atoms with E-state index in [0.717, 1.165) is 28.7 Å². The molecule has 25 heavy (non-hydrogen) atoms. The standard InChI is InChI=1S/C17H17N5O2S/c23-8-3-7-18-17-20-16-13(10-4-1-6-12(10)25-16)15-19-14(21-22(15)17)11-5-2-9-24-11/h2,5,9,23H,1,3-4,6-8H2,(H,18,20). The summed E-state index contributed by atoms with van der Waals surface area (Å²) in [7, 11) is 0. The van der Waals surface area contributed by atoms with Crippen LogP contribution < -0.4 is 5.32 Å². The number of hydrogen-bond donors (Lipinski definition) is 2. The molecule has 0 unspecified atom stereocenters. The lowest BCUT2D eigenvalue weighted by Crippen LogP contribution is -2.10. The largest absolute Gasteiger partial charge is 0.461 e. The van der Waals surface area contributed by atoms with E-state index in [1.54, 1.807) is 22.1 Å². The number of anilines is 1. The van der Waals surface area contributed by atoms with Crippen molar-refractivity contribution in [1.82, 2.24) is 19.6 Å². The van der Waals surface area contributed by atoms with Gasteiger partial charge in [0.15, 0.2) is 11.4 Å². The minimum atomic E-state index is 0.140. The Hall–Kier alpha value is -2.45. The van der Waals surface area contributed by atoms with Gasteiger partial charge in [-0.1, -0.05) is 0 Å². The Balaban J connectivity index is 1.74. The van der Waals surface area contributed by atoms with E-state index in [1.807, 2.05) is 12.1 Å². The highest BCUT2D eigenvalue weighted by Crippen LogP contribution is 2.39. The maximum absolute atomic E-state index is 9.03. The lowest BCUT2D eigenvalue weighted by molar-refractivity contribution is 0.292. The molecule has 5 rings (SSSR count). The lowest BCUT2D eigenvalue weighted by atomic mass is 10.2. The predicted octanol–water partition coefficient (Wildman–Crippen LogP) is 2.88. The topological polar surface area (TPSA) is 88.5 Å². The molecule has 0 radical (unpaired) electrons. The van der Waals surface area contributed by atoms with Crippen LogP contribution in [0.25, 0.3) is 27.4 Å². The van der Waals surface area contributed by atoms with Crippen LogP contribution >= 0.6 is 11.3 Å². The molecule has 128 valence electrons. The first-order valence-electron chi connectivity index (χ1n) is 8.45. The van der Waals surface area contributed by atoms with E-state index in [0.29, 0.717) is 30.5 Å². The third-order valence-electron chi connectivity index (χ3n) is 4.50. The van der Waals surface area contributed by atoms with Crippen molar-refractivity contribution in [2.75, 3.05) is 18.5 Å². The van der Waals surface area contributed by atoms with Crippen LogP contribution in [-0.2, 0) is 12.8 Å². The summed E-state index contributed by atoms with van der Waals surface area (Å²) >= 11 is 1.76. The molecule has 0 fully saturated rings. The summed E-state index contributed by atoms with van der Waals surface area (Å²) in [5.74, 6) is 1.86. The number of nitrogens with zero attached hydrogens (tertiary/aromatic N) is 4. The number of nitrogens with one attached hydrogen (secondary N) is 1. The highest BCUT2D eigenvalue weighted by atomic mass is 32.1. The Morgan fingerprint density at radius 2 is 2.28 bits per heavy atom. The van der Waals surface area contributed by atoms with Crippen LogP contribution in [0.1, 0.15) is 23.3 Å². The van der Waals surface area contributed by atoms with Gasteiger partial charge in [0.05, 0.1) is 11.6 Å². The van der Waals surface area contributed by atoms with E-state index in [2.05, 4.69) is 10.4 Å². The monoisotopic (exact) mass is 355 g/mol. The van der Waals surface area contributed by atoms with Crippen molar-refractivity contribution in [3.8, 4) is 11.6 Å². The van der Waals surface area contributed by atoms with Crippen LogP contribution in [0.2, 0.25) is 0 Å². The van der Waals surface area contributed by atoms with Crippen molar-refractivity contribution in [3.63, 3.8) is 0 Å². The first-order valence-corrected chi connectivity index (χ1v) is 9.26. The molecule has 0 bridgehead atoms. The number of fused-ring (bicyclic) bond motifs is 5. The molecule has 0 saturated carbocycles. The molecule has 4 aromatic rings. The summed E-state index contributed by atoms with van der Waals surface area (Å²) in [5, 5.41) is 18.0. The number of thiophene rings is 1. The normalized spacial score (nSPS) is 13.8. The molecule has 0 aromatic carbocycles. The minimum absolute atomic E-state index is 0.140. The van der Waals surface area contributed by atoms with Gasteiger partial charge in [-0.3, -0.25) is 0 Å². The van der Waals surface area contributed by atoms with Gasteiger partial charge >= 0.3 is 0 Å². The minimum Gasteiger partial charge on any atom is -0.461 e. The highest BCUT2D eigenvalue weighted by molar-refractivity contribution is 7.19. The van der Waals surface area contributed by atoms with Gasteiger partial charge in [0.25, 0.3) is 0 Å². The summed E-state index contributed by atoms with van der Waals surface area (Å²) in [6.45, 7) is 0.770. The highest BCUT2D eigenvalue weighted by Gasteiger charge is 2.24. The second-order valence-corrected chi connectivity index (χ2v) is 7.21. The second-order valence-electron chi connectivity index (χ2n) is 6.12. The van der Waals surface area contributed by atoms with Crippen molar-refractivity contribution in [2.24, 2.45) is 0 Å². The smallest absolute Gasteiger partial charge is 0.227 e. The van der Waals surface area contributed by atoms with Crippen LogP contribution in [0.3, 0.4) is 0 Å².